The smallest absolute Gasteiger partial charge is 0.247 e. The molecule has 454 valence electrons. The van der Waals surface area contributed by atoms with Gasteiger partial charge in [-0.1, -0.05) is 121 Å². The predicted molar refractivity (Wildman–Crippen MR) is 381 cm³/mol. The minimum Gasteiger partial charge on any atom is -0.361 e. The van der Waals surface area contributed by atoms with Crippen LogP contribution in [-0.4, -0.2) is 66.9 Å². The number of nitrogens with zero attached hydrogens (tertiary/aromatic N) is 3. The third-order valence-corrected chi connectivity index (χ3v) is 20.7. The molecule has 0 saturated carbocycles. The standard InChI is InChI=1S/C28H23N3OS.C20H18N2S.C10H12N2.C10H8OS.C8H6ClNO/c1-18-20-9-3-5-12-24(20)33-28(18)27-26-22(21-10-2-4-11-23(21)30-26)15-17-31(27)25(32)14-13-19-8-6-7-16-29-19;1-12-13-6-3-5-9-17(13)23-20(12)19-18-15(10-11-21-19)14-7-2-4-8-16(14)22-18;11-6-5-8-7-12-10-4-2-1-3-9(8)10;1-7-8-4-2-3-5-9(8)12-10(7)6-11;9-8(11)5-4-7-3-1-2-6-10-7/h2-14,16,27,30H,15,17H2,1H3;2-9,19,21-22H,10-11H2,1H3;1-4,7,12H,5-6,11H2;2-6H,1H3;1-6H/b14-13+;;;;5-4+. The number of fused-ring (bicyclic) bond motifs is 10. The highest BCUT2D eigenvalue weighted by molar-refractivity contribution is 7.21. The predicted octanol–water partition coefficient (Wildman–Crippen LogP) is 17.8. The molecule has 0 radical (unpaired) electrons. The van der Waals surface area contributed by atoms with E-state index >= 15 is 0 Å². The number of rotatable bonds is 9. The van der Waals surface area contributed by atoms with Crippen LogP contribution < -0.4 is 11.1 Å². The summed E-state index contributed by atoms with van der Waals surface area (Å²) in [7, 11) is 0. The molecule has 11 nitrogen and oxygen atoms in total. The van der Waals surface area contributed by atoms with Gasteiger partial charge in [0.1, 0.15) is 6.04 Å². The number of hydrogen-bond donors (Lipinski definition) is 5. The molecule has 0 fully saturated rings. The molecular formula is C76H67ClN8O3S3. The number of pyridine rings is 2. The van der Waals surface area contributed by atoms with Crippen molar-refractivity contribution in [3.8, 4) is 0 Å². The van der Waals surface area contributed by atoms with Crippen molar-refractivity contribution in [2.75, 3.05) is 19.6 Å². The fourth-order valence-electron chi connectivity index (χ4n) is 12.2. The molecule has 8 aromatic heterocycles. The fourth-order valence-corrected chi connectivity index (χ4v) is 15.9. The van der Waals surface area contributed by atoms with Crippen LogP contribution in [0.3, 0.4) is 0 Å². The lowest BCUT2D eigenvalue weighted by Gasteiger charge is -2.35. The highest BCUT2D eigenvalue weighted by Crippen LogP contribution is 2.45. The number of aromatic amines is 3. The lowest BCUT2D eigenvalue weighted by Crippen LogP contribution is -2.39. The molecule has 0 spiro atoms. The molecule has 91 heavy (non-hydrogen) atoms. The molecule has 15 heteroatoms. The lowest BCUT2D eigenvalue weighted by molar-refractivity contribution is -0.128. The molecule has 14 aromatic rings. The molecule has 6 N–H and O–H groups in total. The highest BCUT2D eigenvalue weighted by atomic mass is 35.5. The molecule has 0 aliphatic carbocycles. The first-order valence-electron chi connectivity index (χ1n) is 30.3. The Balaban J connectivity index is 0.000000119. The maximum atomic E-state index is 13.5. The number of H-pyrrole nitrogens is 3. The normalized spacial score (nSPS) is 14.3. The number of hydrogen-bond acceptors (Lipinski definition) is 10. The summed E-state index contributed by atoms with van der Waals surface area (Å²) >= 11 is 10.3. The van der Waals surface area contributed by atoms with E-state index < -0.39 is 5.24 Å². The number of aryl methyl sites for hydroxylation is 3. The monoisotopic (exact) mass is 1270 g/mol. The Morgan fingerprint density at radius 3 is 1.63 bits per heavy atom. The van der Waals surface area contributed by atoms with E-state index in [4.69, 9.17) is 17.3 Å². The van der Waals surface area contributed by atoms with Gasteiger partial charge in [-0.2, -0.15) is 0 Å². The Morgan fingerprint density at radius 2 is 1.07 bits per heavy atom. The summed E-state index contributed by atoms with van der Waals surface area (Å²) in [6.45, 7) is 8.85. The first-order chi connectivity index (χ1) is 44.6. The topological polar surface area (TPSA) is 166 Å². The van der Waals surface area contributed by atoms with Crippen molar-refractivity contribution < 1.29 is 14.4 Å². The molecule has 0 bridgehead atoms. The van der Waals surface area contributed by atoms with Crippen molar-refractivity contribution in [3.63, 3.8) is 0 Å². The molecule has 2 aliphatic rings. The summed E-state index contributed by atoms with van der Waals surface area (Å²) in [5.41, 5.74) is 21.0. The minimum atomic E-state index is -0.490. The zero-order chi connectivity index (χ0) is 62.8. The number of carbonyl (C=O) groups is 3. The van der Waals surface area contributed by atoms with Crippen LogP contribution in [0.4, 0.5) is 0 Å². The van der Waals surface area contributed by atoms with E-state index in [1.165, 1.54) is 107 Å². The molecule has 0 saturated heterocycles. The fraction of sp³-hybridized carbons (Fsp3) is 0.145. The van der Waals surface area contributed by atoms with Gasteiger partial charge in [0.05, 0.1) is 22.3 Å². The SMILES string of the molecule is Cc1c(C2NCCc3c2[nH]c2ccccc32)sc2ccccc12.Cc1c(C2c3[nH]c4ccccc4c3CCN2C(=O)/C=C/c2ccccn2)sc2ccccc12.Cc1c(C=O)sc2ccccc12.NCCc1c[nH]c2ccccc12.O=C(Cl)/C=C/c1ccccn1. The first kappa shape index (κ1) is 61.8. The van der Waals surface area contributed by atoms with Gasteiger partial charge in [-0.05, 0) is 187 Å². The number of nitrogens with two attached hydrogens (primary N) is 1. The van der Waals surface area contributed by atoms with E-state index in [9.17, 15) is 14.4 Å². The number of thiophene rings is 3. The summed E-state index contributed by atoms with van der Waals surface area (Å²) in [6, 6.07) is 62.0. The third-order valence-electron chi connectivity index (χ3n) is 16.7. The van der Waals surface area contributed by atoms with E-state index in [1.807, 2.05) is 84.0 Å². The number of carbonyl (C=O) groups excluding carboxylic acids is 3. The third kappa shape index (κ3) is 13.6. The number of para-hydroxylation sites is 3. The summed E-state index contributed by atoms with van der Waals surface area (Å²) < 4.78 is 3.83. The molecule has 1 amide bonds. The Morgan fingerprint density at radius 1 is 0.571 bits per heavy atom. The van der Waals surface area contributed by atoms with Crippen molar-refractivity contribution >= 4 is 138 Å². The molecule has 10 heterocycles. The Kier molecular flexibility index (Phi) is 19.5. The maximum absolute atomic E-state index is 13.5. The van der Waals surface area contributed by atoms with Crippen LogP contribution in [0.25, 0.3) is 75.1 Å². The summed E-state index contributed by atoms with van der Waals surface area (Å²) in [5, 5.41) is 11.0. The van der Waals surface area contributed by atoms with Crippen LogP contribution in [0.1, 0.15) is 87.7 Å². The van der Waals surface area contributed by atoms with Gasteiger partial charge < -0.3 is 30.9 Å². The number of aldehydes is 1. The Labute approximate surface area is 545 Å². The van der Waals surface area contributed by atoms with Crippen LogP contribution in [0.2, 0.25) is 0 Å². The summed E-state index contributed by atoms with van der Waals surface area (Å²) in [5.74, 6) is 0.00631. The molecule has 2 unspecified atom stereocenters. The average Bonchev–Trinajstić information content (AvgIpc) is 1.87. The summed E-state index contributed by atoms with van der Waals surface area (Å²) in [4.78, 5) is 58.7. The second-order valence-corrected chi connectivity index (χ2v) is 25.8. The van der Waals surface area contributed by atoms with E-state index in [-0.39, 0.29) is 18.0 Å². The van der Waals surface area contributed by atoms with Gasteiger partial charge in [-0.25, -0.2) is 0 Å². The number of aromatic nitrogens is 5. The quantitative estimate of drug-likeness (QED) is 0.0545. The Hall–Kier alpha value is -9.38. The van der Waals surface area contributed by atoms with Gasteiger partial charge in [-0.15, -0.1) is 34.0 Å². The Bertz CT molecular complexity index is 4940. The zero-order valence-electron chi connectivity index (χ0n) is 50.6. The van der Waals surface area contributed by atoms with Crippen molar-refractivity contribution in [2.45, 2.75) is 52.1 Å². The number of allylic oxidation sites excluding steroid dienone is 1. The van der Waals surface area contributed by atoms with E-state index in [1.54, 1.807) is 65.4 Å². The number of amides is 1. The van der Waals surface area contributed by atoms with E-state index in [0.29, 0.717) is 13.1 Å². The van der Waals surface area contributed by atoms with Crippen molar-refractivity contribution in [2.24, 2.45) is 5.73 Å². The van der Waals surface area contributed by atoms with E-state index in [0.717, 1.165) is 65.1 Å². The second-order valence-electron chi connectivity index (χ2n) is 22.2. The number of benzene rings is 6. The van der Waals surface area contributed by atoms with Gasteiger partial charge in [-0.3, -0.25) is 24.4 Å². The van der Waals surface area contributed by atoms with Crippen LogP contribution in [-0.2, 0) is 28.9 Å². The first-order valence-corrected chi connectivity index (χ1v) is 33.1. The van der Waals surface area contributed by atoms with Gasteiger partial charge in [0.25, 0.3) is 0 Å². The van der Waals surface area contributed by atoms with Crippen LogP contribution in [0.5, 0.6) is 0 Å². The van der Waals surface area contributed by atoms with E-state index in [2.05, 4.69) is 159 Å². The number of halogens is 1. The molecule has 16 rings (SSSR count). The number of nitrogens with one attached hydrogen (secondary N) is 4. The second kappa shape index (κ2) is 28.6. The average molecular weight is 1270 g/mol. The van der Waals surface area contributed by atoms with Crippen molar-refractivity contribution in [3.05, 3.63) is 284 Å². The van der Waals surface area contributed by atoms with Crippen LogP contribution in [0, 0.1) is 20.8 Å². The van der Waals surface area contributed by atoms with Gasteiger partial charge in [0, 0.05) is 106 Å². The van der Waals surface area contributed by atoms with Crippen LogP contribution >= 0.6 is 45.6 Å². The highest BCUT2D eigenvalue weighted by Gasteiger charge is 2.36. The zero-order valence-corrected chi connectivity index (χ0v) is 53.8. The largest absolute Gasteiger partial charge is 0.361 e. The van der Waals surface area contributed by atoms with Gasteiger partial charge in [0.2, 0.25) is 11.1 Å². The molecule has 6 aromatic carbocycles. The summed E-state index contributed by atoms with van der Waals surface area (Å²) in [6.07, 6.45) is 15.5. The minimum absolute atomic E-state index is 0.00631. The van der Waals surface area contributed by atoms with Gasteiger partial charge in [0.15, 0.2) is 6.29 Å². The van der Waals surface area contributed by atoms with Crippen LogP contribution in [0.15, 0.2) is 213 Å². The molecule has 2 atom stereocenters. The molecule has 2 aliphatic heterocycles. The molecular weight excluding hydrogens is 1200 g/mol. The van der Waals surface area contributed by atoms with Crippen molar-refractivity contribution in [1.29, 1.82) is 0 Å². The maximum Gasteiger partial charge on any atom is 0.247 e. The lowest BCUT2D eigenvalue weighted by atomic mass is 9.94. The van der Waals surface area contributed by atoms with Crippen molar-refractivity contribution in [1.82, 2.24) is 35.1 Å². The van der Waals surface area contributed by atoms with Gasteiger partial charge >= 0.3 is 0 Å².